The van der Waals surface area contributed by atoms with E-state index in [1.807, 2.05) is 21.6 Å². The number of hydrogen-bond acceptors (Lipinski definition) is 3. The topological polar surface area (TPSA) is 26.0 Å². The fraction of sp³-hybridized carbons (Fsp3) is 1.00. The van der Waals surface area contributed by atoms with Crippen molar-refractivity contribution in [1.82, 2.24) is 0 Å². The minimum atomic E-state index is 0.244. The van der Waals surface area contributed by atoms with Gasteiger partial charge in [-0.1, -0.05) is 21.6 Å². The molecule has 3 heteroatoms. The first-order valence-corrected chi connectivity index (χ1v) is 5.64. The van der Waals surface area contributed by atoms with Gasteiger partial charge in [-0.3, -0.25) is 0 Å². The van der Waals surface area contributed by atoms with Gasteiger partial charge in [0.15, 0.2) is 0 Å². The molecule has 0 amide bonds. The molecule has 0 bridgehead atoms. The van der Waals surface area contributed by atoms with Gasteiger partial charge in [-0.25, -0.2) is 0 Å². The lowest BCUT2D eigenvalue weighted by Gasteiger charge is -2.28. The van der Waals surface area contributed by atoms with Crippen molar-refractivity contribution in [3.63, 3.8) is 0 Å². The van der Waals surface area contributed by atoms with Gasteiger partial charge in [-0.15, -0.1) is 0 Å². The summed E-state index contributed by atoms with van der Waals surface area (Å²) in [7, 11) is 3.81. The van der Waals surface area contributed by atoms with Crippen LogP contribution in [-0.4, -0.2) is 15.5 Å². The predicted molar refractivity (Wildman–Crippen MR) is 51.3 cm³/mol. The van der Waals surface area contributed by atoms with E-state index < -0.39 is 0 Å². The van der Waals surface area contributed by atoms with E-state index in [9.17, 15) is 0 Å². The Morgan fingerprint density at radius 3 is 1.40 bits per heavy atom. The van der Waals surface area contributed by atoms with E-state index in [0.29, 0.717) is 6.04 Å². The van der Waals surface area contributed by atoms with Gasteiger partial charge in [0.25, 0.3) is 0 Å². The Labute approximate surface area is 70.9 Å². The number of hydrogen-bond donors (Lipinski definition) is 1. The lowest BCUT2D eigenvalue weighted by Crippen LogP contribution is -2.47. The molecule has 1 fully saturated rings. The Bertz CT molecular complexity index is 127. The highest BCUT2D eigenvalue weighted by Crippen LogP contribution is 2.55. The first-order chi connectivity index (χ1) is 4.36. The molecular formula is C7H15NS2. The zero-order valence-corrected chi connectivity index (χ0v) is 8.60. The van der Waals surface area contributed by atoms with Crippen LogP contribution in [-0.2, 0) is 0 Å². The Morgan fingerprint density at radius 1 is 1.00 bits per heavy atom. The molecule has 1 aliphatic heterocycles. The van der Waals surface area contributed by atoms with E-state index in [2.05, 4.69) is 27.7 Å². The standard InChI is InChI=1S/C7H15NS2/c1-6(2)5(8)7(3,4)10-9-6/h5H,8H2,1-4H3. The maximum absolute atomic E-state index is 6.05. The minimum Gasteiger partial charge on any atom is -0.325 e. The van der Waals surface area contributed by atoms with Gasteiger partial charge in [0.1, 0.15) is 0 Å². The molecule has 1 nitrogen and oxygen atoms in total. The molecule has 0 aromatic heterocycles. The normalized spacial score (nSPS) is 30.9. The van der Waals surface area contributed by atoms with Gasteiger partial charge in [-0.05, 0) is 27.7 Å². The Kier molecular flexibility index (Phi) is 2.03. The first kappa shape index (κ1) is 8.75. The number of nitrogens with two attached hydrogens (primary N) is 1. The smallest absolute Gasteiger partial charge is 0.0372 e. The van der Waals surface area contributed by atoms with Crippen LogP contribution in [0.4, 0.5) is 0 Å². The molecule has 10 heavy (non-hydrogen) atoms. The molecule has 0 atom stereocenters. The molecule has 0 aromatic carbocycles. The third kappa shape index (κ3) is 1.31. The third-order valence-corrected chi connectivity index (χ3v) is 6.25. The highest BCUT2D eigenvalue weighted by atomic mass is 33.1. The van der Waals surface area contributed by atoms with Gasteiger partial charge >= 0.3 is 0 Å². The molecule has 1 saturated heterocycles. The first-order valence-electron chi connectivity index (χ1n) is 3.49. The van der Waals surface area contributed by atoms with Crippen molar-refractivity contribution < 1.29 is 0 Å². The van der Waals surface area contributed by atoms with Crippen LogP contribution >= 0.6 is 21.6 Å². The van der Waals surface area contributed by atoms with E-state index >= 15 is 0 Å². The monoisotopic (exact) mass is 177 g/mol. The van der Waals surface area contributed by atoms with Crippen molar-refractivity contribution >= 4 is 21.6 Å². The quantitative estimate of drug-likeness (QED) is 0.575. The third-order valence-electron chi connectivity index (χ3n) is 1.97. The summed E-state index contributed by atoms with van der Waals surface area (Å²) < 4.78 is 0.488. The van der Waals surface area contributed by atoms with Crippen molar-refractivity contribution in [2.24, 2.45) is 5.73 Å². The lowest BCUT2D eigenvalue weighted by atomic mass is 9.93. The highest BCUT2D eigenvalue weighted by Gasteiger charge is 2.46. The van der Waals surface area contributed by atoms with E-state index in [0.717, 1.165) is 0 Å². The van der Waals surface area contributed by atoms with Crippen LogP contribution in [0.25, 0.3) is 0 Å². The maximum atomic E-state index is 6.05. The SMILES string of the molecule is CC1(C)SSC(C)(C)C1N. The highest BCUT2D eigenvalue weighted by molar-refractivity contribution is 8.78. The second-order valence-electron chi connectivity index (χ2n) is 3.85. The van der Waals surface area contributed by atoms with Crippen LogP contribution in [0.1, 0.15) is 27.7 Å². The summed E-state index contributed by atoms with van der Waals surface area (Å²) in [6, 6.07) is 0.301. The summed E-state index contributed by atoms with van der Waals surface area (Å²) in [5, 5.41) is 0. The zero-order chi connectivity index (χ0) is 7.99. The van der Waals surface area contributed by atoms with Crippen molar-refractivity contribution in [3.05, 3.63) is 0 Å². The molecule has 0 aliphatic carbocycles. The Hall–Kier alpha value is 0.660. The summed E-state index contributed by atoms with van der Waals surface area (Å²) in [5.41, 5.74) is 6.05. The fourth-order valence-electron chi connectivity index (χ4n) is 1.16. The fourth-order valence-corrected chi connectivity index (χ4v) is 4.37. The second-order valence-corrected chi connectivity index (χ2v) is 7.29. The van der Waals surface area contributed by atoms with Crippen LogP contribution in [0.15, 0.2) is 0 Å². The molecule has 60 valence electrons. The van der Waals surface area contributed by atoms with Gasteiger partial charge < -0.3 is 5.73 Å². The van der Waals surface area contributed by atoms with E-state index in [-0.39, 0.29) is 9.49 Å². The molecule has 0 spiro atoms. The van der Waals surface area contributed by atoms with E-state index in [1.54, 1.807) is 0 Å². The van der Waals surface area contributed by atoms with Crippen LogP contribution in [0.3, 0.4) is 0 Å². The Balaban J connectivity index is 2.77. The molecule has 0 unspecified atom stereocenters. The summed E-state index contributed by atoms with van der Waals surface area (Å²) >= 11 is 0. The molecule has 1 heterocycles. The number of rotatable bonds is 0. The van der Waals surface area contributed by atoms with Gasteiger partial charge in [0, 0.05) is 15.5 Å². The van der Waals surface area contributed by atoms with Crippen LogP contribution in [0.5, 0.6) is 0 Å². The summed E-state index contributed by atoms with van der Waals surface area (Å²) in [5.74, 6) is 0. The van der Waals surface area contributed by atoms with Crippen LogP contribution in [0.2, 0.25) is 0 Å². The van der Waals surface area contributed by atoms with Gasteiger partial charge in [-0.2, -0.15) is 0 Å². The van der Waals surface area contributed by atoms with Crippen LogP contribution in [0, 0.1) is 0 Å². The summed E-state index contributed by atoms with van der Waals surface area (Å²) in [4.78, 5) is 0. The van der Waals surface area contributed by atoms with Crippen LogP contribution < -0.4 is 5.73 Å². The van der Waals surface area contributed by atoms with Crippen molar-refractivity contribution in [1.29, 1.82) is 0 Å². The minimum absolute atomic E-state index is 0.244. The summed E-state index contributed by atoms with van der Waals surface area (Å²) in [6.07, 6.45) is 0. The van der Waals surface area contributed by atoms with Gasteiger partial charge in [0.05, 0.1) is 0 Å². The lowest BCUT2D eigenvalue weighted by molar-refractivity contribution is 0.463. The molecular weight excluding hydrogens is 162 g/mol. The second kappa shape index (κ2) is 2.32. The maximum Gasteiger partial charge on any atom is 0.0372 e. The molecule has 1 aliphatic rings. The zero-order valence-electron chi connectivity index (χ0n) is 6.97. The van der Waals surface area contributed by atoms with Crippen molar-refractivity contribution in [2.75, 3.05) is 0 Å². The average Bonchev–Trinajstić information content (AvgIpc) is 1.95. The summed E-state index contributed by atoms with van der Waals surface area (Å²) in [6.45, 7) is 8.85. The predicted octanol–water partition coefficient (Wildman–Crippen LogP) is 2.27. The van der Waals surface area contributed by atoms with E-state index in [1.165, 1.54) is 0 Å². The Morgan fingerprint density at radius 2 is 1.30 bits per heavy atom. The molecule has 2 N–H and O–H groups in total. The average molecular weight is 177 g/mol. The van der Waals surface area contributed by atoms with E-state index in [4.69, 9.17) is 5.73 Å². The molecule has 0 saturated carbocycles. The molecule has 0 aromatic rings. The van der Waals surface area contributed by atoms with Gasteiger partial charge in [0.2, 0.25) is 0 Å². The molecule has 1 rings (SSSR count). The van der Waals surface area contributed by atoms with Crippen molar-refractivity contribution in [2.45, 2.75) is 43.2 Å². The molecule has 0 radical (unpaired) electrons. The van der Waals surface area contributed by atoms with Crippen molar-refractivity contribution in [3.8, 4) is 0 Å². The largest absolute Gasteiger partial charge is 0.325 e.